The first-order chi connectivity index (χ1) is 27.2. The number of esters is 2. The van der Waals surface area contributed by atoms with E-state index in [1.807, 2.05) is 62.4 Å². The predicted molar refractivity (Wildman–Crippen MR) is 213 cm³/mol. The second kappa shape index (κ2) is 16.0. The van der Waals surface area contributed by atoms with Crippen molar-refractivity contribution in [3.05, 3.63) is 108 Å². The highest BCUT2D eigenvalue weighted by molar-refractivity contribution is 5.88. The standard InChI is InChI=1S/C45H58O12/c1-15-39(48-7)35(56-37(46)29(3)4)25-27-41(50-9,44(39,52-11)53-12)43(33-23-19-17-21-31(33)32-22-18-20-24-34(32)43)42(51-10)28-26-36(57-38(47)30(5)6)40(16-2,49-8)45(42,54-13)55-14/h17-28,35-36H,3,5,15-16H2,1-2,4,6-14H3. The van der Waals surface area contributed by atoms with Crippen LogP contribution in [0, 0.1) is 0 Å². The molecule has 0 fully saturated rings. The molecule has 0 aliphatic heterocycles. The summed E-state index contributed by atoms with van der Waals surface area (Å²) in [5.74, 6) is -5.28. The average Bonchev–Trinajstić information content (AvgIpc) is 3.54. The van der Waals surface area contributed by atoms with Crippen molar-refractivity contribution in [2.75, 3.05) is 56.9 Å². The average molecular weight is 791 g/mol. The minimum absolute atomic E-state index is 0.180. The fourth-order valence-corrected chi connectivity index (χ4v) is 10.6. The molecule has 12 nitrogen and oxygen atoms in total. The molecule has 3 aliphatic carbocycles. The molecule has 12 heteroatoms. The molecule has 0 amide bonds. The molecule has 2 aromatic rings. The molecule has 0 spiro atoms. The topological polar surface area (TPSA) is 126 Å². The molecule has 310 valence electrons. The lowest BCUT2D eigenvalue weighted by atomic mass is 9.45. The molecule has 0 radical (unpaired) electrons. The van der Waals surface area contributed by atoms with E-state index in [0.717, 1.165) is 11.1 Å². The smallest absolute Gasteiger partial charge is 0.333 e. The number of ether oxygens (including phenoxy) is 10. The summed E-state index contributed by atoms with van der Waals surface area (Å²) in [6, 6.07) is 15.8. The van der Waals surface area contributed by atoms with E-state index in [2.05, 4.69) is 13.2 Å². The molecular formula is C45H58O12. The van der Waals surface area contributed by atoms with E-state index in [-0.39, 0.29) is 24.0 Å². The molecule has 0 aromatic heterocycles. The normalized spacial score (nSPS) is 30.2. The first-order valence-corrected chi connectivity index (χ1v) is 18.9. The molecule has 6 atom stereocenters. The molecule has 3 aliphatic rings. The van der Waals surface area contributed by atoms with Crippen LogP contribution in [-0.4, -0.2) is 115 Å². The molecule has 0 saturated heterocycles. The summed E-state index contributed by atoms with van der Waals surface area (Å²) in [7, 11) is 12.1. The van der Waals surface area contributed by atoms with Crippen LogP contribution < -0.4 is 0 Å². The van der Waals surface area contributed by atoms with Gasteiger partial charge in [-0.25, -0.2) is 9.59 Å². The Kier molecular flexibility index (Phi) is 12.4. The molecule has 0 bridgehead atoms. The summed E-state index contributed by atoms with van der Waals surface area (Å²) in [5.41, 5.74) is -5.19. The molecule has 6 unspecified atom stereocenters. The SMILES string of the molecule is C=C(C)C(=O)OC1C=CC(OC)(C2(C3(OC)C=CC(OC(=O)C(=C)C)C(CC)(OC)C3(OC)OC)c3ccccc3-c3ccccc32)C(OC)(OC)C1(CC)OC. The second-order valence-electron chi connectivity index (χ2n) is 14.6. The summed E-state index contributed by atoms with van der Waals surface area (Å²) < 4.78 is 66.9. The molecule has 57 heavy (non-hydrogen) atoms. The second-order valence-corrected chi connectivity index (χ2v) is 14.6. The lowest BCUT2D eigenvalue weighted by molar-refractivity contribution is -0.431. The van der Waals surface area contributed by atoms with E-state index in [9.17, 15) is 9.59 Å². The lowest BCUT2D eigenvalue weighted by Crippen LogP contribution is -2.89. The van der Waals surface area contributed by atoms with E-state index >= 15 is 0 Å². The Balaban J connectivity index is 2.14. The number of hydrogen-bond donors (Lipinski definition) is 0. The summed E-state index contributed by atoms with van der Waals surface area (Å²) in [5, 5.41) is 0. The molecule has 2 aromatic carbocycles. The first kappa shape index (κ1) is 44.1. The zero-order valence-corrected chi connectivity index (χ0v) is 35.3. The van der Waals surface area contributed by atoms with Gasteiger partial charge in [-0.1, -0.05) is 75.5 Å². The third-order valence-corrected chi connectivity index (χ3v) is 12.8. The van der Waals surface area contributed by atoms with Crippen molar-refractivity contribution < 1.29 is 57.0 Å². The maximum absolute atomic E-state index is 13.3. The molecule has 0 heterocycles. The maximum Gasteiger partial charge on any atom is 0.333 e. The monoisotopic (exact) mass is 790 g/mol. The quantitative estimate of drug-likeness (QED) is 0.0808. The van der Waals surface area contributed by atoms with Crippen LogP contribution in [0.5, 0.6) is 0 Å². The summed E-state index contributed by atoms with van der Waals surface area (Å²) in [6.07, 6.45) is 5.24. The zero-order valence-electron chi connectivity index (χ0n) is 35.3. The predicted octanol–water partition coefficient (Wildman–Crippen LogP) is 6.41. The van der Waals surface area contributed by atoms with Crippen molar-refractivity contribution in [1.29, 1.82) is 0 Å². The highest BCUT2D eigenvalue weighted by atomic mass is 16.8. The minimum Gasteiger partial charge on any atom is -0.451 e. The van der Waals surface area contributed by atoms with E-state index in [0.29, 0.717) is 11.1 Å². The molecular weight excluding hydrogens is 732 g/mol. The van der Waals surface area contributed by atoms with E-state index in [4.69, 9.17) is 47.4 Å². The van der Waals surface area contributed by atoms with Crippen LogP contribution in [0.25, 0.3) is 11.1 Å². The zero-order chi connectivity index (χ0) is 42.2. The van der Waals surface area contributed by atoms with Gasteiger partial charge in [0.15, 0.2) is 34.6 Å². The van der Waals surface area contributed by atoms with Gasteiger partial charge in [-0.15, -0.1) is 0 Å². The van der Waals surface area contributed by atoms with Gasteiger partial charge >= 0.3 is 11.9 Å². The highest BCUT2D eigenvalue weighted by Crippen LogP contribution is 2.72. The Morgan fingerprint density at radius 2 is 0.877 bits per heavy atom. The van der Waals surface area contributed by atoms with Crippen LogP contribution in [0.2, 0.25) is 0 Å². The third-order valence-electron chi connectivity index (χ3n) is 12.8. The lowest BCUT2D eigenvalue weighted by Gasteiger charge is -2.70. The van der Waals surface area contributed by atoms with Crippen LogP contribution in [0.4, 0.5) is 0 Å². The largest absolute Gasteiger partial charge is 0.451 e. The number of carbonyl (C=O) groups is 2. The summed E-state index contributed by atoms with van der Waals surface area (Å²) in [4.78, 5) is 26.7. The van der Waals surface area contributed by atoms with Crippen LogP contribution >= 0.6 is 0 Å². The van der Waals surface area contributed by atoms with Gasteiger partial charge in [-0.05, 0) is 73.2 Å². The van der Waals surface area contributed by atoms with Crippen molar-refractivity contribution >= 4 is 11.9 Å². The third kappa shape index (κ3) is 5.21. The summed E-state index contributed by atoms with van der Waals surface area (Å²) >= 11 is 0. The van der Waals surface area contributed by atoms with Crippen LogP contribution in [-0.2, 0) is 62.4 Å². The Labute approximate surface area is 336 Å². The molecule has 0 saturated carbocycles. The van der Waals surface area contributed by atoms with Gasteiger partial charge in [0.25, 0.3) is 0 Å². The van der Waals surface area contributed by atoms with Gasteiger partial charge in [-0.3, -0.25) is 0 Å². The van der Waals surface area contributed by atoms with Gasteiger partial charge in [0.2, 0.25) is 11.6 Å². The number of hydrogen-bond acceptors (Lipinski definition) is 12. The van der Waals surface area contributed by atoms with E-state index in [1.54, 1.807) is 52.4 Å². The van der Waals surface area contributed by atoms with Gasteiger partial charge in [0.1, 0.15) is 0 Å². The van der Waals surface area contributed by atoms with E-state index in [1.165, 1.54) is 42.7 Å². The number of rotatable bonds is 16. The van der Waals surface area contributed by atoms with Crippen molar-refractivity contribution in [3.8, 4) is 11.1 Å². The summed E-state index contributed by atoms with van der Waals surface area (Å²) in [6.45, 7) is 14.5. The number of fused-ring (bicyclic) bond motifs is 3. The fourth-order valence-electron chi connectivity index (χ4n) is 10.6. The maximum atomic E-state index is 13.3. The van der Waals surface area contributed by atoms with Crippen LogP contribution in [0.1, 0.15) is 51.7 Å². The fraction of sp³-hybridized carbons (Fsp3) is 0.511. The Hall–Kier alpha value is -3.98. The number of benzene rings is 2. The van der Waals surface area contributed by atoms with Crippen LogP contribution in [0.3, 0.4) is 0 Å². The molecule has 5 rings (SSSR count). The van der Waals surface area contributed by atoms with E-state index < -0.39 is 63.5 Å². The van der Waals surface area contributed by atoms with Gasteiger partial charge in [0.05, 0.1) is 5.41 Å². The van der Waals surface area contributed by atoms with Crippen LogP contribution in [0.15, 0.2) is 97.1 Å². The Bertz CT molecular complexity index is 1780. The highest BCUT2D eigenvalue weighted by Gasteiger charge is 2.87. The Morgan fingerprint density at radius 3 is 1.14 bits per heavy atom. The minimum atomic E-state index is -2.00. The van der Waals surface area contributed by atoms with Gasteiger partial charge in [-0.2, -0.15) is 0 Å². The van der Waals surface area contributed by atoms with Gasteiger partial charge < -0.3 is 47.4 Å². The van der Waals surface area contributed by atoms with Crippen molar-refractivity contribution in [2.24, 2.45) is 0 Å². The van der Waals surface area contributed by atoms with Crippen molar-refractivity contribution in [2.45, 2.75) is 92.1 Å². The van der Waals surface area contributed by atoms with Gasteiger partial charge in [0, 0.05) is 68.0 Å². The molecule has 0 N–H and O–H groups in total. The Morgan fingerprint density at radius 1 is 0.544 bits per heavy atom. The van der Waals surface area contributed by atoms with Crippen molar-refractivity contribution in [1.82, 2.24) is 0 Å². The number of carbonyl (C=O) groups excluding carboxylic acids is 2. The first-order valence-electron chi connectivity index (χ1n) is 18.9. The van der Waals surface area contributed by atoms with Crippen molar-refractivity contribution in [3.63, 3.8) is 0 Å². The number of methoxy groups -OCH3 is 8.